The summed E-state index contributed by atoms with van der Waals surface area (Å²) in [5, 5.41) is 0. The van der Waals surface area contributed by atoms with Crippen LogP contribution in [0.3, 0.4) is 0 Å². The number of hydrogen-bond donors (Lipinski definition) is 1. The third-order valence-corrected chi connectivity index (χ3v) is 4.60. The van der Waals surface area contributed by atoms with E-state index in [0.29, 0.717) is 13.1 Å². The fourth-order valence-corrected chi connectivity index (χ4v) is 3.32. The Morgan fingerprint density at radius 2 is 1.92 bits per heavy atom. The van der Waals surface area contributed by atoms with E-state index in [0.717, 1.165) is 23.5 Å². The van der Waals surface area contributed by atoms with Gasteiger partial charge in [-0.1, -0.05) is 36.1 Å². The van der Waals surface area contributed by atoms with E-state index in [9.17, 15) is 4.79 Å². The molecule has 0 radical (unpaired) electrons. The quantitative estimate of drug-likeness (QED) is 0.860. The van der Waals surface area contributed by atoms with E-state index >= 15 is 0 Å². The summed E-state index contributed by atoms with van der Waals surface area (Å²) in [6, 6.07) is 16.6. The minimum absolute atomic E-state index is 0.0822. The number of anilines is 2. The van der Waals surface area contributed by atoms with Gasteiger partial charge in [0.1, 0.15) is 0 Å². The second kappa shape index (κ2) is 7.42. The number of carbonyl (C=O) groups is 1. The number of nitrogens with two attached hydrogens (primary N) is 1. The predicted octanol–water partition coefficient (Wildman–Crippen LogP) is 2.93. The maximum atomic E-state index is 11.9. The fourth-order valence-electron chi connectivity index (χ4n) is 3.32. The van der Waals surface area contributed by atoms with E-state index in [2.05, 4.69) is 41.9 Å². The molecule has 0 fully saturated rings. The molecule has 1 atom stereocenters. The standard InChI is InChI=1S/C21H23N3O/c1-16(19-9-5-7-18(15-19)8-6-12-22)23-13-14-24(17(2)25)21-11-4-3-10-20(21)23/h3-5,7,9-11,15-16H,12-14,22H2,1-2H3. The zero-order valence-electron chi connectivity index (χ0n) is 14.7. The molecule has 128 valence electrons. The molecule has 25 heavy (non-hydrogen) atoms. The molecular formula is C21H23N3O. The summed E-state index contributed by atoms with van der Waals surface area (Å²) in [6.45, 7) is 5.67. The third-order valence-electron chi connectivity index (χ3n) is 4.60. The molecule has 1 aliphatic heterocycles. The molecule has 0 saturated heterocycles. The average molecular weight is 333 g/mol. The van der Waals surface area contributed by atoms with Crippen LogP contribution in [-0.4, -0.2) is 25.5 Å². The second-order valence-electron chi connectivity index (χ2n) is 6.16. The summed E-state index contributed by atoms with van der Waals surface area (Å²) in [5.74, 6) is 6.08. The van der Waals surface area contributed by atoms with Crippen molar-refractivity contribution in [2.24, 2.45) is 5.73 Å². The molecule has 0 spiro atoms. The number of fused-ring (bicyclic) bond motifs is 1. The summed E-state index contributed by atoms with van der Waals surface area (Å²) >= 11 is 0. The Bertz CT molecular complexity index is 834. The van der Waals surface area contributed by atoms with Crippen molar-refractivity contribution >= 4 is 17.3 Å². The Labute approximate surface area is 149 Å². The maximum Gasteiger partial charge on any atom is 0.223 e. The number of benzene rings is 2. The lowest BCUT2D eigenvalue weighted by Crippen LogP contribution is -2.44. The first kappa shape index (κ1) is 17.1. The van der Waals surface area contributed by atoms with Gasteiger partial charge in [-0.3, -0.25) is 4.79 Å². The molecular weight excluding hydrogens is 310 g/mol. The van der Waals surface area contributed by atoms with Gasteiger partial charge in [0.25, 0.3) is 0 Å². The first-order chi connectivity index (χ1) is 12.1. The largest absolute Gasteiger partial charge is 0.361 e. The molecule has 0 bridgehead atoms. The molecule has 2 aromatic rings. The highest BCUT2D eigenvalue weighted by Crippen LogP contribution is 2.37. The van der Waals surface area contributed by atoms with Crippen LogP contribution in [0.15, 0.2) is 48.5 Å². The molecule has 2 aromatic carbocycles. The molecule has 4 heteroatoms. The summed E-state index contributed by atoms with van der Waals surface area (Å²) < 4.78 is 0. The monoisotopic (exact) mass is 333 g/mol. The van der Waals surface area contributed by atoms with Gasteiger partial charge in [-0.25, -0.2) is 0 Å². The van der Waals surface area contributed by atoms with Crippen molar-refractivity contribution in [3.8, 4) is 11.8 Å². The SMILES string of the molecule is CC(=O)N1CCN(C(C)c2cccc(C#CCN)c2)c2ccccc21. The van der Waals surface area contributed by atoms with E-state index in [-0.39, 0.29) is 11.9 Å². The Morgan fingerprint density at radius 1 is 1.16 bits per heavy atom. The number of rotatable bonds is 2. The molecule has 1 unspecified atom stereocenters. The highest BCUT2D eigenvalue weighted by Gasteiger charge is 2.27. The van der Waals surface area contributed by atoms with Gasteiger partial charge < -0.3 is 15.5 Å². The van der Waals surface area contributed by atoms with Gasteiger partial charge in [-0.2, -0.15) is 0 Å². The Kier molecular flexibility index (Phi) is 5.06. The Hall–Kier alpha value is -2.77. The first-order valence-electron chi connectivity index (χ1n) is 8.54. The van der Waals surface area contributed by atoms with Gasteiger partial charge in [-0.05, 0) is 36.8 Å². The van der Waals surface area contributed by atoms with E-state index in [1.807, 2.05) is 35.2 Å². The van der Waals surface area contributed by atoms with Crippen molar-refractivity contribution < 1.29 is 4.79 Å². The van der Waals surface area contributed by atoms with Crippen LogP contribution < -0.4 is 15.5 Å². The molecule has 1 heterocycles. The summed E-state index contributed by atoms with van der Waals surface area (Å²) in [5.41, 5.74) is 9.72. The molecule has 1 aliphatic rings. The Morgan fingerprint density at radius 3 is 2.64 bits per heavy atom. The van der Waals surface area contributed by atoms with Crippen molar-refractivity contribution in [2.75, 3.05) is 29.4 Å². The average Bonchev–Trinajstić information content (AvgIpc) is 2.65. The minimum atomic E-state index is 0.0822. The normalized spacial score (nSPS) is 14.4. The van der Waals surface area contributed by atoms with Crippen molar-refractivity contribution in [3.05, 3.63) is 59.7 Å². The summed E-state index contributed by atoms with van der Waals surface area (Å²) in [6.07, 6.45) is 0. The van der Waals surface area contributed by atoms with Crippen molar-refractivity contribution in [1.82, 2.24) is 0 Å². The van der Waals surface area contributed by atoms with Gasteiger partial charge in [0, 0.05) is 25.6 Å². The second-order valence-corrected chi connectivity index (χ2v) is 6.16. The molecule has 0 aromatic heterocycles. The molecule has 3 rings (SSSR count). The number of amides is 1. The van der Waals surface area contributed by atoms with Crippen LogP contribution in [-0.2, 0) is 4.79 Å². The van der Waals surface area contributed by atoms with Crippen LogP contribution in [0.5, 0.6) is 0 Å². The molecule has 4 nitrogen and oxygen atoms in total. The number of para-hydroxylation sites is 2. The zero-order valence-corrected chi connectivity index (χ0v) is 14.7. The maximum absolute atomic E-state index is 11.9. The lowest BCUT2D eigenvalue weighted by molar-refractivity contribution is -0.116. The smallest absolute Gasteiger partial charge is 0.223 e. The minimum Gasteiger partial charge on any atom is -0.361 e. The lowest BCUT2D eigenvalue weighted by atomic mass is 10.0. The topological polar surface area (TPSA) is 49.6 Å². The third kappa shape index (κ3) is 3.52. The van der Waals surface area contributed by atoms with Gasteiger partial charge >= 0.3 is 0 Å². The fraction of sp³-hybridized carbons (Fsp3) is 0.286. The molecule has 0 aliphatic carbocycles. The van der Waals surface area contributed by atoms with E-state index in [4.69, 9.17) is 5.73 Å². The number of nitrogens with zero attached hydrogens (tertiary/aromatic N) is 2. The molecule has 0 saturated carbocycles. The van der Waals surface area contributed by atoms with Crippen LogP contribution >= 0.6 is 0 Å². The van der Waals surface area contributed by atoms with E-state index < -0.39 is 0 Å². The van der Waals surface area contributed by atoms with Gasteiger partial charge in [0.05, 0.1) is 24.0 Å². The molecule has 2 N–H and O–H groups in total. The predicted molar refractivity (Wildman–Crippen MR) is 103 cm³/mol. The van der Waals surface area contributed by atoms with Gasteiger partial charge in [-0.15, -0.1) is 0 Å². The Balaban J connectivity index is 1.94. The summed E-state index contributed by atoms with van der Waals surface area (Å²) in [7, 11) is 0. The van der Waals surface area contributed by atoms with Crippen LogP contribution in [0, 0.1) is 11.8 Å². The van der Waals surface area contributed by atoms with E-state index in [1.54, 1.807) is 6.92 Å². The zero-order chi connectivity index (χ0) is 17.8. The van der Waals surface area contributed by atoms with Gasteiger partial charge in [0.15, 0.2) is 0 Å². The highest BCUT2D eigenvalue weighted by atomic mass is 16.2. The van der Waals surface area contributed by atoms with Crippen LogP contribution in [0.25, 0.3) is 0 Å². The molecule has 1 amide bonds. The number of carbonyl (C=O) groups excluding carboxylic acids is 1. The highest BCUT2D eigenvalue weighted by molar-refractivity contribution is 5.96. The van der Waals surface area contributed by atoms with Crippen molar-refractivity contribution in [2.45, 2.75) is 19.9 Å². The van der Waals surface area contributed by atoms with Crippen LogP contribution in [0.2, 0.25) is 0 Å². The summed E-state index contributed by atoms with van der Waals surface area (Å²) in [4.78, 5) is 16.1. The van der Waals surface area contributed by atoms with Crippen molar-refractivity contribution in [3.63, 3.8) is 0 Å². The van der Waals surface area contributed by atoms with Crippen LogP contribution in [0.1, 0.15) is 31.0 Å². The first-order valence-corrected chi connectivity index (χ1v) is 8.54. The van der Waals surface area contributed by atoms with E-state index in [1.165, 1.54) is 5.56 Å². The van der Waals surface area contributed by atoms with Gasteiger partial charge in [0.2, 0.25) is 5.91 Å². The van der Waals surface area contributed by atoms with Crippen LogP contribution in [0.4, 0.5) is 11.4 Å². The van der Waals surface area contributed by atoms with Crippen molar-refractivity contribution in [1.29, 1.82) is 0 Å². The lowest BCUT2D eigenvalue weighted by Gasteiger charge is -2.40. The number of hydrogen-bond acceptors (Lipinski definition) is 3.